The fourth-order valence-electron chi connectivity index (χ4n) is 2.75. The van der Waals surface area contributed by atoms with E-state index in [9.17, 15) is 0 Å². The highest BCUT2D eigenvalue weighted by atomic mass is 35.5. The SMILES string of the molecule is C[C@H](N[C@H](C)c1cnccn1)c1ccc(Cl)c2ccccc12. The van der Waals surface area contributed by atoms with E-state index >= 15 is 0 Å². The summed E-state index contributed by atoms with van der Waals surface area (Å²) in [6.07, 6.45) is 5.20. The van der Waals surface area contributed by atoms with E-state index in [2.05, 4.69) is 47.3 Å². The quantitative estimate of drug-likeness (QED) is 0.759. The van der Waals surface area contributed by atoms with E-state index in [-0.39, 0.29) is 12.1 Å². The summed E-state index contributed by atoms with van der Waals surface area (Å²) in [7, 11) is 0. The van der Waals surface area contributed by atoms with E-state index in [1.807, 2.05) is 18.2 Å². The number of halogens is 1. The van der Waals surface area contributed by atoms with Gasteiger partial charge in [0.15, 0.2) is 0 Å². The van der Waals surface area contributed by atoms with Gasteiger partial charge in [0.2, 0.25) is 0 Å². The van der Waals surface area contributed by atoms with E-state index in [1.54, 1.807) is 18.6 Å². The van der Waals surface area contributed by atoms with Crippen LogP contribution < -0.4 is 5.32 Å². The van der Waals surface area contributed by atoms with Gasteiger partial charge in [-0.3, -0.25) is 9.97 Å². The highest BCUT2D eigenvalue weighted by Gasteiger charge is 2.15. The van der Waals surface area contributed by atoms with Gasteiger partial charge in [-0.05, 0) is 30.9 Å². The number of nitrogens with zero attached hydrogens (tertiary/aromatic N) is 2. The average Bonchev–Trinajstić information content (AvgIpc) is 2.56. The van der Waals surface area contributed by atoms with Crippen LogP contribution in [-0.4, -0.2) is 9.97 Å². The molecule has 0 saturated carbocycles. The summed E-state index contributed by atoms with van der Waals surface area (Å²) in [5.41, 5.74) is 2.17. The average molecular weight is 312 g/mol. The molecule has 1 aromatic heterocycles. The van der Waals surface area contributed by atoms with Crippen LogP contribution in [-0.2, 0) is 0 Å². The molecule has 22 heavy (non-hydrogen) atoms. The zero-order chi connectivity index (χ0) is 15.5. The molecule has 0 saturated heterocycles. The third-order valence-corrected chi connectivity index (χ3v) is 4.23. The Bertz CT molecular complexity index is 774. The molecule has 0 aliphatic heterocycles. The summed E-state index contributed by atoms with van der Waals surface area (Å²) in [5, 5.41) is 6.63. The molecule has 0 unspecified atom stereocenters. The van der Waals surface area contributed by atoms with E-state index in [4.69, 9.17) is 11.6 Å². The van der Waals surface area contributed by atoms with Gasteiger partial charge in [-0.2, -0.15) is 0 Å². The number of nitrogens with one attached hydrogen (secondary N) is 1. The first-order chi connectivity index (χ1) is 10.7. The minimum Gasteiger partial charge on any atom is -0.302 e. The Kier molecular flexibility index (Phi) is 4.36. The lowest BCUT2D eigenvalue weighted by atomic mass is 9.99. The number of aromatic nitrogens is 2. The molecular weight excluding hydrogens is 294 g/mol. The zero-order valence-corrected chi connectivity index (χ0v) is 13.4. The normalized spacial score (nSPS) is 14.0. The third kappa shape index (κ3) is 2.96. The van der Waals surface area contributed by atoms with Crippen LogP contribution in [0.4, 0.5) is 0 Å². The molecule has 3 rings (SSSR count). The predicted molar refractivity (Wildman–Crippen MR) is 91.0 cm³/mol. The second-order valence-electron chi connectivity index (χ2n) is 5.42. The predicted octanol–water partition coefficient (Wildman–Crippen LogP) is 4.70. The van der Waals surface area contributed by atoms with Crippen molar-refractivity contribution >= 4 is 22.4 Å². The minimum absolute atomic E-state index is 0.123. The number of fused-ring (bicyclic) bond motifs is 1. The maximum absolute atomic E-state index is 6.30. The monoisotopic (exact) mass is 311 g/mol. The van der Waals surface area contributed by atoms with E-state index < -0.39 is 0 Å². The standard InChI is InChI=1S/C18H18ClN3/c1-12(22-13(2)18-11-20-9-10-21-18)14-7-8-17(19)16-6-4-3-5-15(14)16/h3-13,22H,1-2H3/t12-,13+/m0/s1. The molecule has 3 aromatic rings. The van der Waals surface area contributed by atoms with Crippen molar-refractivity contribution in [3.63, 3.8) is 0 Å². The maximum atomic E-state index is 6.30. The molecule has 0 bridgehead atoms. The molecule has 2 atom stereocenters. The van der Waals surface area contributed by atoms with Gasteiger partial charge >= 0.3 is 0 Å². The van der Waals surface area contributed by atoms with Gasteiger partial charge in [-0.1, -0.05) is 41.9 Å². The van der Waals surface area contributed by atoms with Gasteiger partial charge in [-0.25, -0.2) is 0 Å². The van der Waals surface area contributed by atoms with Gasteiger partial charge in [0, 0.05) is 41.1 Å². The molecule has 1 N–H and O–H groups in total. The van der Waals surface area contributed by atoms with Crippen LogP contribution in [0.5, 0.6) is 0 Å². The van der Waals surface area contributed by atoms with Gasteiger partial charge in [-0.15, -0.1) is 0 Å². The third-order valence-electron chi connectivity index (χ3n) is 3.90. The number of hydrogen-bond donors (Lipinski definition) is 1. The lowest BCUT2D eigenvalue weighted by Crippen LogP contribution is -2.23. The van der Waals surface area contributed by atoms with Crippen molar-refractivity contribution < 1.29 is 0 Å². The van der Waals surface area contributed by atoms with Gasteiger partial charge in [0.25, 0.3) is 0 Å². The molecule has 0 radical (unpaired) electrons. The van der Waals surface area contributed by atoms with E-state index in [1.165, 1.54) is 10.9 Å². The first kappa shape index (κ1) is 14.9. The summed E-state index contributed by atoms with van der Waals surface area (Å²) >= 11 is 6.30. The van der Waals surface area contributed by atoms with E-state index in [0.29, 0.717) is 0 Å². The molecule has 0 aliphatic rings. The van der Waals surface area contributed by atoms with Gasteiger partial charge in [0.05, 0.1) is 5.69 Å². The Labute approximate surface area is 135 Å². The molecule has 2 aromatic carbocycles. The fourth-order valence-corrected chi connectivity index (χ4v) is 2.98. The Balaban J connectivity index is 1.90. The highest BCUT2D eigenvalue weighted by Crippen LogP contribution is 2.30. The van der Waals surface area contributed by atoms with Crippen molar-refractivity contribution in [1.29, 1.82) is 0 Å². The smallest absolute Gasteiger partial charge is 0.0753 e. The first-order valence-corrected chi connectivity index (χ1v) is 7.73. The summed E-state index contributed by atoms with van der Waals surface area (Å²) in [4.78, 5) is 8.48. The largest absolute Gasteiger partial charge is 0.302 e. The molecule has 0 aliphatic carbocycles. The Morgan fingerprint density at radius 2 is 1.73 bits per heavy atom. The lowest BCUT2D eigenvalue weighted by molar-refractivity contribution is 0.487. The molecule has 3 nitrogen and oxygen atoms in total. The summed E-state index contributed by atoms with van der Waals surface area (Å²) in [6.45, 7) is 4.25. The van der Waals surface area contributed by atoms with Crippen molar-refractivity contribution in [3.8, 4) is 0 Å². The summed E-state index contributed by atoms with van der Waals surface area (Å²) in [5.74, 6) is 0. The first-order valence-electron chi connectivity index (χ1n) is 7.36. The maximum Gasteiger partial charge on any atom is 0.0753 e. The Morgan fingerprint density at radius 3 is 2.45 bits per heavy atom. The number of benzene rings is 2. The molecule has 0 fully saturated rings. The van der Waals surface area contributed by atoms with Crippen molar-refractivity contribution in [2.75, 3.05) is 0 Å². The van der Waals surface area contributed by atoms with Crippen LogP contribution in [0.1, 0.15) is 37.2 Å². The molecule has 1 heterocycles. The van der Waals surface area contributed by atoms with Crippen molar-refractivity contribution in [1.82, 2.24) is 15.3 Å². The number of hydrogen-bond acceptors (Lipinski definition) is 3. The lowest BCUT2D eigenvalue weighted by Gasteiger charge is -2.21. The highest BCUT2D eigenvalue weighted by molar-refractivity contribution is 6.35. The van der Waals surface area contributed by atoms with Gasteiger partial charge < -0.3 is 5.32 Å². The molecule has 112 valence electrons. The summed E-state index contributed by atoms with van der Waals surface area (Å²) < 4.78 is 0. The van der Waals surface area contributed by atoms with Crippen molar-refractivity contribution in [3.05, 3.63) is 71.3 Å². The van der Waals surface area contributed by atoms with Crippen LogP contribution in [0.3, 0.4) is 0 Å². The second kappa shape index (κ2) is 6.42. The Hall–Kier alpha value is -1.97. The second-order valence-corrected chi connectivity index (χ2v) is 5.83. The van der Waals surface area contributed by atoms with Crippen molar-refractivity contribution in [2.24, 2.45) is 0 Å². The van der Waals surface area contributed by atoms with Crippen LogP contribution in [0.15, 0.2) is 55.0 Å². The fraction of sp³-hybridized carbons (Fsp3) is 0.222. The number of rotatable bonds is 4. The molecule has 4 heteroatoms. The van der Waals surface area contributed by atoms with Crippen LogP contribution in [0.2, 0.25) is 5.02 Å². The van der Waals surface area contributed by atoms with Crippen LogP contribution in [0.25, 0.3) is 10.8 Å². The zero-order valence-electron chi connectivity index (χ0n) is 12.6. The van der Waals surface area contributed by atoms with Crippen LogP contribution >= 0.6 is 11.6 Å². The summed E-state index contributed by atoms with van der Waals surface area (Å²) in [6, 6.07) is 12.6. The molecule has 0 spiro atoms. The minimum atomic E-state index is 0.123. The van der Waals surface area contributed by atoms with Crippen LogP contribution in [0, 0.1) is 0 Å². The van der Waals surface area contributed by atoms with Crippen molar-refractivity contribution in [2.45, 2.75) is 25.9 Å². The topological polar surface area (TPSA) is 37.8 Å². The molecular formula is C18H18ClN3. The Morgan fingerprint density at radius 1 is 0.955 bits per heavy atom. The van der Waals surface area contributed by atoms with E-state index in [0.717, 1.165) is 16.1 Å². The van der Waals surface area contributed by atoms with Gasteiger partial charge in [0.1, 0.15) is 0 Å². The molecule has 0 amide bonds.